The first kappa shape index (κ1) is 15.0. The summed E-state index contributed by atoms with van der Waals surface area (Å²) in [6, 6.07) is 3.49. The Morgan fingerprint density at radius 1 is 1.14 bits per heavy atom. The van der Waals surface area contributed by atoms with Crippen LogP contribution in [-0.4, -0.2) is 21.7 Å². The van der Waals surface area contributed by atoms with Crippen LogP contribution in [0.1, 0.15) is 31.2 Å². The third kappa shape index (κ3) is 3.82. The number of Topliss-reactive ketones (excluding diaryl/α,β-unsaturated/α-hetero) is 1. The van der Waals surface area contributed by atoms with E-state index in [9.17, 15) is 25.0 Å². The third-order valence-corrected chi connectivity index (χ3v) is 3.44. The largest absolute Gasteiger partial charge is 0.373 e. The number of nitro benzene ring substituents is 2. The lowest BCUT2D eigenvalue weighted by Crippen LogP contribution is -2.21. The first-order chi connectivity index (χ1) is 9.97. The normalized spacial score (nSPS) is 15.9. The smallest absolute Gasteiger partial charge is 0.281 e. The molecule has 0 aliphatic heterocycles. The number of carbonyl (C=O) groups is 1. The molecule has 0 amide bonds. The second-order valence-corrected chi connectivity index (χ2v) is 4.88. The Hall–Kier alpha value is -2.35. The van der Waals surface area contributed by atoms with E-state index in [-0.39, 0.29) is 29.9 Å². The van der Waals surface area contributed by atoms with E-state index in [4.69, 9.17) is 4.74 Å². The number of nitro groups is 2. The van der Waals surface area contributed by atoms with Gasteiger partial charge < -0.3 is 4.74 Å². The summed E-state index contributed by atoms with van der Waals surface area (Å²) in [6.07, 6.45) is 2.05. The number of rotatable bonds is 5. The first-order valence-corrected chi connectivity index (χ1v) is 6.52. The number of carbonyl (C=O) groups excluding carboxylic acids is 1. The van der Waals surface area contributed by atoms with Crippen LogP contribution in [0.2, 0.25) is 0 Å². The van der Waals surface area contributed by atoms with E-state index in [1.165, 1.54) is 12.1 Å². The number of non-ortho nitro benzene ring substituents is 1. The minimum absolute atomic E-state index is 0.00711. The van der Waals surface area contributed by atoms with Crippen molar-refractivity contribution in [3.05, 3.63) is 44.0 Å². The molecule has 112 valence electrons. The molecule has 1 aromatic carbocycles. The SMILES string of the molecule is O=C1CCC(OCc2ccc([N+](=O)[O-])cc2[N+](=O)[O-])CC1. The molecule has 1 saturated carbocycles. The predicted molar refractivity (Wildman–Crippen MR) is 71.8 cm³/mol. The molecule has 0 aromatic heterocycles. The Balaban J connectivity index is 2.07. The van der Waals surface area contributed by atoms with Crippen molar-refractivity contribution in [2.45, 2.75) is 38.4 Å². The summed E-state index contributed by atoms with van der Waals surface area (Å²) in [4.78, 5) is 31.4. The van der Waals surface area contributed by atoms with Crippen molar-refractivity contribution in [1.82, 2.24) is 0 Å². The molecule has 21 heavy (non-hydrogen) atoms. The fourth-order valence-electron chi connectivity index (χ4n) is 2.25. The maximum Gasteiger partial charge on any atom is 0.281 e. The Bertz CT molecular complexity index is 576. The van der Waals surface area contributed by atoms with Crippen molar-refractivity contribution < 1.29 is 19.4 Å². The van der Waals surface area contributed by atoms with Crippen LogP contribution in [0, 0.1) is 20.2 Å². The fourth-order valence-corrected chi connectivity index (χ4v) is 2.25. The van der Waals surface area contributed by atoms with Crippen LogP contribution in [-0.2, 0) is 16.1 Å². The number of ether oxygens (including phenoxy) is 1. The molecule has 0 atom stereocenters. The summed E-state index contributed by atoms with van der Waals surface area (Å²) < 4.78 is 5.58. The van der Waals surface area contributed by atoms with Crippen LogP contribution >= 0.6 is 0 Å². The number of ketones is 1. The number of benzene rings is 1. The number of nitrogens with zero attached hydrogens (tertiary/aromatic N) is 2. The number of hydrogen-bond acceptors (Lipinski definition) is 6. The van der Waals surface area contributed by atoms with Crippen LogP contribution in [0.5, 0.6) is 0 Å². The van der Waals surface area contributed by atoms with Crippen molar-refractivity contribution in [1.29, 1.82) is 0 Å². The first-order valence-electron chi connectivity index (χ1n) is 6.52. The van der Waals surface area contributed by atoms with E-state index in [0.717, 1.165) is 6.07 Å². The zero-order valence-corrected chi connectivity index (χ0v) is 11.2. The summed E-state index contributed by atoms with van der Waals surface area (Å²) in [6.45, 7) is 0.00711. The predicted octanol–water partition coefficient (Wildman–Crippen LogP) is 2.53. The molecule has 0 N–H and O–H groups in total. The van der Waals surface area contributed by atoms with Crippen LogP contribution in [0.25, 0.3) is 0 Å². The summed E-state index contributed by atoms with van der Waals surface area (Å²) in [7, 11) is 0. The van der Waals surface area contributed by atoms with E-state index in [1.54, 1.807) is 0 Å². The van der Waals surface area contributed by atoms with Crippen molar-refractivity contribution in [2.24, 2.45) is 0 Å². The maximum absolute atomic E-state index is 11.1. The molecule has 1 aromatic rings. The van der Waals surface area contributed by atoms with Gasteiger partial charge in [-0.2, -0.15) is 0 Å². The van der Waals surface area contributed by atoms with Gasteiger partial charge in [0.05, 0.1) is 34.2 Å². The molecule has 0 bridgehead atoms. The van der Waals surface area contributed by atoms with Crippen molar-refractivity contribution in [3.8, 4) is 0 Å². The van der Waals surface area contributed by atoms with Crippen molar-refractivity contribution in [2.75, 3.05) is 0 Å². The highest BCUT2D eigenvalue weighted by atomic mass is 16.6. The molecule has 8 nitrogen and oxygen atoms in total. The van der Waals surface area contributed by atoms with Crippen molar-refractivity contribution in [3.63, 3.8) is 0 Å². The highest BCUT2D eigenvalue weighted by molar-refractivity contribution is 5.79. The van der Waals surface area contributed by atoms with Gasteiger partial charge in [-0.3, -0.25) is 25.0 Å². The molecule has 0 saturated heterocycles. The lowest BCUT2D eigenvalue weighted by Gasteiger charge is -2.21. The second-order valence-electron chi connectivity index (χ2n) is 4.88. The highest BCUT2D eigenvalue weighted by Gasteiger charge is 2.22. The van der Waals surface area contributed by atoms with Gasteiger partial charge in [-0.1, -0.05) is 0 Å². The molecule has 1 aliphatic carbocycles. The molecule has 1 fully saturated rings. The minimum atomic E-state index is -0.676. The van der Waals surface area contributed by atoms with E-state index >= 15 is 0 Å². The highest BCUT2D eigenvalue weighted by Crippen LogP contribution is 2.27. The molecule has 2 rings (SSSR count). The third-order valence-electron chi connectivity index (χ3n) is 3.44. The van der Waals surface area contributed by atoms with Gasteiger partial charge in [-0.15, -0.1) is 0 Å². The van der Waals surface area contributed by atoms with Gasteiger partial charge in [0.15, 0.2) is 0 Å². The molecule has 0 heterocycles. The van der Waals surface area contributed by atoms with Crippen LogP contribution < -0.4 is 0 Å². The second kappa shape index (κ2) is 6.40. The van der Waals surface area contributed by atoms with Crippen LogP contribution in [0.4, 0.5) is 11.4 Å². The Morgan fingerprint density at radius 2 is 1.81 bits per heavy atom. The minimum Gasteiger partial charge on any atom is -0.373 e. The standard InChI is InChI=1S/C13H14N2O6/c16-11-3-5-12(6-4-11)21-8-9-1-2-10(14(17)18)7-13(9)15(19)20/h1-2,7,12H,3-6,8H2. The van der Waals surface area contributed by atoms with Gasteiger partial charge in [0, 0.05) is 18.9 Å². The maximum atomic E-state index is 11.1. The van der Waals surface area contributed by atoms with Gasteiger partial charge in [0.25, 0.3) is 11.4 Å². The van der Waals surface area contributed by atoms with Crippen molar-refractivity contribution >= 4 is 17.2 Å². The van der Waals surface area contributed by atoms with Crippen LogP contribution in [0.15, 0.2) is 18.2 Å². The molecular formula is C13H14N2O6. The fraction of sp³-hybridized carbons (Fsp3) is 0.462. The van der Waals surface area contributed by atoms with E-state index in [1.807, 2.05) is 0 Å². The summed E-state index contributed by atoms with van der Waals surface area (Å²) >= 11 is 0. The summed E-state index contributed by atoms with van der Waals surface area (Å²) in [5, 5.41) is 21.6. The monoisotopic (exact) mass is 294 g/mol. The van der Waals surface area contributed by atoms with E-state index < -0.39 is 9.85 Å². The van der Waals surface area contributed by atoms with Crippen LogP contribution in [0.3, 0.4) is 0 Å². The summed E-state index contributed by atoms with van der Waals surface area (Å²) in [5.74, 6) is 0.205. The topological polar surface area (TPSA) is 113 Å². The lowest BCUT2D eigenvalue weighted by molar-refractivity contribution is -0.394. The molecule has 1 aliphatic rings. The average molecular weight is 294 g/mol. The van der Waals surface area contributed by atoms with Gasteiger partial charge in [-0.05, 0) is 18.9 Å². The van der Waals surface area contributed by atoms with Gasteiger partial charge in [-0.25, -0.2) is 0 Å². The zero-order valence-electron chi connectivity index (χ0n) is 11.2. The average Bonchev–Trinajstić information content (AvgIpc) is 2.46. The van der Waals surface area contributed by atoms with Gasteiger partial charge in [0.2, 0.25) is 0 Å². The quantitative estimate of drug-likeness (QED) is 0.609. The zero-order chi connectivity index (χ0) is 15.4. The summed E-state index contributed by atoms with van der Waals surface area (Å²) in [5.41, 5.74) is -0.354. The Labute approximate surface area is 120 Å². The van der Waals surface area contributed by atoms with E-state index in [0.29, 0.717) is 31.2 Å². The lowest BCUT2D eigenvalue weighted by atomic mass is 9.96. The Kier molecular flexibility index (Phi) is 4.59. The number of hydrogen-bond donors (Lipinski definition) is 0. The van der Waals surface area contributed by atoms with E-state index in [2.05, 4.69) is 0 Å². The van der Waals surface area contributed by atoms with Gasteiger partial charge >= 0.3 is 0 Å². The molecule has 8 heteroatoms. The molecule has 0 spiro atoms. The Morgan fingerprint density at radius 3 is 2.38 bits per heavy atom. The molecule has 0 unspecified atom stereocenters. The van der Waals surface area contributed by atoms with Gasteiger partial charge in [0.1, 0.15) is 5.78 Å². The molecule has 0 radical (unpaired) electrons. The molecular weight excluding hydrogens is 280 g/mol.